The van der Waals surface area contributed by atoms with Crippen molar-refractivity contribution in [1.82, 2.24) is 5.32 Å². The fourth-order valence-electron chi connectivity index (χ4n) is 1.41. The first-order chi connectivity index (χ1) is 10.9. The standard InChI is InChI=1S/C13H18BrN2O5PS/c1-4-18-22(23,19-5-2)21-12-7-6-11(14)8-10(12)9-16-20-13(17)15-3/h6-9H,4-5H2,1-3H3,(H,15,17)/b16-9-. The van der Waals surface area contributed by atoms with Crippen LogP contribution in [0.3, 0.4) is 0 Å². The van der Waals surface area contributed by atoms with Crippen LogP contribution in [0.25, 0.3) is 0 Å². The zero-order chi connectivity index (χ0) is 17.3. The lowest BCUT2D eigenvalue weighted by Crippen LogP contribution is -2.16. The first kappa shape index (κ1) is 20.1. The molecule has 0 bridgehead atoms. The van der Waals surface area contributed by atoms with Crippen LogP contribution in [0.5, 0.6) is 5.75 Å². The van der Waals surface area contributed by atoms with Crippen molar-refractivity contribution >= 4 is 46.8 Å². The average molecular weight is 425 g/mol. The van der Waals surface area contributed by atoms with Crippen LogP contribution in [-0.2, 0) is 25.7 Å². The van der Waals surface area contributed by atoms with Crippen molar-refractivity contribution in [2.24, 2.45) is 5.16 Å². The topological polar surface area (TPSA) is 78.4 Å². The first-order valence-electron chi connectivity index (χ1n) is 6.74. The van der Waals surface area contributed by atoms with Crippen LogP contribution in [0.1, 0.15) is 19.4 Å². The Morgan fingerprint density at radius 1 is 1.39 bits per heavy atom. The molecule has 0 saturated carbocycles. The second-order valence-electron chi connectivity index (χ2n) is 3.92. The van der Waals surface area contributed by atoms with E-state index in [2.05, 4.69) is 31.2 Å². The van der Waals surface area contributed by atoms with E-state index < -0.39 is 12.8 Å². The molecule has 1 N–H and O–H groups in total. The predicted molar refractivity (Wildman–Crippen MR) is 95.4 cm³/mol. The number of carbonyl (C=O) groups is 1. The quantitative estimate of drug-likeness (QED) is 0.295. The third-order valence-electron chi connectivity index (χ3n) is 2.29. The Hall–Kier alpha value is -0.990. The van der Waals surface area contributed by atoms with Gasteiger partial charge in [-0.05, 0) is 32.0 Å². The number of nitrogens with zero attached hydrogens (tertiary/aromatic N) is 1. The normalized spacial score (nSPS) is 11.5. The van der Waals surface area contributed by atoms with Gasteiger partial charge in [0.15, 0.2) is 0 Å². The van der Waals surface area contributed by atoms with Crippen molar-refractivity contribution in [2.75, 3.05) is 20.3 Å². The maximum atomic E-state index is 11.0. The molecule has 1 rings (SSSR count). The van der Waals surface area contributed by atoms with Crippen LogP contribution in [-0.4, -0.2) is 32.6 Å². The molecule has 0 aliphatic rings. The van der Waals surface area contributed by atoms with Gasteiger partial charge < -0.3 is 9.84 Å². The van der Waals surface area contributed by atoms with Gasteiger partial charge in [0.25, 0.3) is 0 Å². The summed E-state index contributed by atoms with van der Waals surface area (Å²) in [7, 11) is 1.44. The maximum Gasteiger partial charge on any atom is 0.433 e. The average Bonchev–Trinajstić information content (AvgIpc) is 2.50. The molecule has 10 heteroatoms. The van der Waals surface area contributed by atoms with Gasteiger partial charge in [0.2, 0.25) is 0 Å². The summed E-state index contributed by atoms with van der Waals surface area (Å²) in [4.78, 5) is 15.6. The van der Waals surface area contributed by atoms with E-state index >= 15 is 0 Å². The Kier molecular flexibility index (Phi) is 8.72. The molecule has 128 valence electrons. The molecule has 1 amide bonds. The van der Waals surface area contributed by atoms with Crippen LogP contribution < -0.4 is 9.84 Å². The molecular formula is C13H18BrN2O5PS. The van der Waals surface area contributed by atoms with Gasteiger partial charge in [0.1, 0.15) is 5.75 Å². The number of hydrogen-bond donors (Lipinski definition) is 1. The lowest BCUT2D eigenvalue weighted by Gasteiger charge is -2.22. The SMILES string of the molecule is CCOP(=S)(OCC)Oc1ccc(Br)cc1/C=N\OC(=O)NC. The molecule has 0 aliphatic carbocycles. The fraction of sp³-hybridized carbons (Fsp3) is 0.385. The molecule has 0 atom stereocenters. The van der Waals surface area contributed by atoms with Crippen molar-refractivity contribution in [3.8, 4) is 5.75 Å². The third kappa shape index (κ3) is 6.97. The lowest BCUT2D eigenvalue weighted by molar-refractivity contribution is 0.154. The Morgan fingerprint density at radius 2 is 2.04 bits per heavy atom. The van der Waals surface area contributed by atoms with E-state index in [1.165, 1.54) is 13.3 Å². The van der Waals surface area contributed by atoms with Crippen LogP contribution in [0, 0.1) is 0 Å². The van der Waals surface area contributed by atoms with E-state index in [-0.39, 0.29) is 0 Å². The monoisotopic (exact) mass is 424 g/mol. The van der Waals surface area contributed by atoms with Gasteiger partial charge in [-0.25, -0.2) is 4.79 Å². The molecular weight excluding hydrogens is 407 g/mol. The highest BCUT2D eigenvalue weighted by molar-refractivity contribution is 9.10. The van der Waals surface area contributed by atoms with Crippen molar-refractivity contribution in [3.63, 3.8) is 0 Å². The molecule has 0 aliphatic heterocycles. The van der Waals surface area contributed by atoms with Crippen LogP contribution in [0.15, 0.2) is 27.8 Å². The zero-order valence-corrected chi connectivity index (χ0v) is 16.2. The summed E-state index contributed by atoms with van der Waals surface area (Å²) >= 11 is 8.70. The smallest absolute Gasteiger partial charge is 0.423 e. The van der Waals surface area contributed by atoms with Crippen LogP contribution >= 0.6 is 22.6 Å². The second-order valence-corrected chi connectivity index (χ2v) is 7.77. The number of nitrogens with one attached hydrogen (secondary N) is 1. The van der Waals surface area contributed by atoms with E-state index in [1.54, 1.807) is 18.2 Å². The highest BCUT2D eigenvalue weighted by Gasteiger charge is 2.22. The number of benzene rings is 1. The first-order valence-corrected chi connectivity index (χ1v) is 10.1. The molecule has 0 aromatic heterocycles. The van der Waals surface area contributed by atoms with Crippen molar-refractivity contribution in [2.45, 2.75) is 13.8 Å². The lowest BCUT2D eigenvalue weighted by atomic mass is 10.2. The number of rotatable bonds is 8. The Bertz CT molecular complexity index is 604. The van der Waals surface area contributed by atoms with Gasteiger partial charge >= 0.3 is 12.8 Å². The molecule has 7 nitrogen and oxygen atoms in total. The van der Waals surface area contributed by atoms with Crippen molar-refractivity contribution < 1.29 is 23.2 Å². The molecule has 0 spiro atoms. The van der Waals surface area contributed by atoms with Gasteiger partial charge in [0, 0.05) is 28.9 Å². The number of oxime groups is 1. The second kappa shape index (κ2) is 10.00. The Morgan fingerprint density at radius 3 is 2.61 bits per heavy atom. The number of amides is 1. The summed E-state index contributed by atoms with van der Waals surface area (Å²) < 4.78 is 17.5. The molecule has 23 heavy (non-hydrogen) atoms. The molecule has 0 heterocycles. The van der Waals surface area contributed by atoms with Gasteiger partial charge in [-0.3, -0.25) is 13.9 Å². The van der Waals surface area contributed by atoms with Crippen LogP contribution in [0.4, 0.5) is 4.79 Å². The summed E-state index contributed by atoms with van der Waals surface area (Å²) in [5.41, 5.74) is 0.553. The van der Waals surface area contributed by atoms with E-state index in [1.807, 2.05) is 13.8 Å². The molecule has 1 aromatic rings. The minimum Gasteiger partial charge on any atom is -0.423 e. The highest BCUT2D eigenvalue weighted by Crippen LogP contribution is 2.50. The number of halogens is 1. The van der Waals surface area contributed by atoms with Crippen molar-refractivity contribution in [3.05, 3.63) is 28.2 Å². The number of hydrogen-bond acceptors (Lipinski definition) is 7. The molecule has 1 aromatic carbocycles. The largest absolute Gasteiger partial charge is 0.433 e. The van der Waals surface area contributed by atoms with E-state index in [9.17, 15) is 4.79 Å². The Labute approximate surface area is 148 Å². The van der Waals surface area contributed by atoms with E-state index in [4.69, 9.17) is 25.4 Å². The minimum absolute atomic E-state index is 0.372. The summed E-state index contributed by atoms with van der Waals surface area (Å²) in [6.07, 6.45) is 0.667. The fourth-order valence-corrected chi connectivity index (χ4v) is 3.88. The predicted octanol–water partition coefficient (Wildman–Crippen LogP) is 3.82. The Balaban J connectivity index is 3.01. The summed E-state index contributed by atoms with van der Waals surface area (Å²) in [6.45, 7) is 1.46. The molecule has 0 unspecified atom stereocenters. The summed E-state index contributed by atoms with van der Waals surface area (Å²) in [6, 6.07) is 5.22. The van der Waals surface area contributed by atoms with E-state index in [0.717, 1.165) is 4.47 Å². The van der Waals surface area contributed by atoms with Gasteiger partial charge in [-0.1, -0.05) is 21.1 Å². The van der Waals surface area contributed by atoms with Gasteiger partial charge in [-0.2, -0.15) is 0 Å². The highest BCUT2D eigenvalue weighted by atomic mass is 79.9. The maximum absolute atomic E-state index is 11.0. The zero-order valence-electron chi connectivity index (χ0n) is 12.9. The summed E-state index contributed by atoms with van der Waals surface area (Å²) in [5, 5.41) is 5.88. The van der Waals surface area contributed by atoms with Gasteiger partial charge in [-0.15, -0.1) is 0 Å². The molecule has 0 saturated heterocycles. The van der Waals surface area contributed by atoms with E-state index in [0.29, 0.717) is 24.5 Å². The van der Waals surface area contributed by atoms with Crippen LogP contribution in [0.2, 0.25) is 0 Å². The summed E-state index contributed by atoms with van der Waals surface area (Å²) in [5.74, 6) is 0.419. The molecule has 0 radical (unpaired) electrons. The minimum atomic E-state index is -2.90. The third-order valence-corrected chi connectivity index (χ3v) is 5.21. The van der Waals surface area contributed by atoms with Gasteiger partial charge in [0.05, 0.1) is 19.4 Å². The number of carbonyl (C=O) groups excluding carboxylic acids is 1. The molecule has 0 fully saturated rings. The van der Waals surface area contributed by atoms with Crippen molar-refractivity contribution in [1.29, 1.82) is 0 Å².